The minimum Gasteiger partial charge on any atom is -0.462 e. The Morgan fingerprint density at radius 1 is 0.542 bits per heavy atom. The molecule has 0 aliphatic heterocycles. The number of unbranched alkanes of at least 4 members (excludes halogenated alkanes) is 19. The number of hydrogen-bond acceptors (Lipinski definition) is 6. The van der Waals surface area contributed by atoms with Crippen molar-refractivity contribution in [3.63, 3.8) is 0 Å². The van der Waals surface area contributed by atoms with Crippen LogP contribution in [0.25, 0.3) is 0 Å². The van der Waals surface area contributed by atoms with Crippen LogP contribution < -0.4 is 0 Å². The summed E-state index contributed by atoms with van der Waals surface area (Å²) in [5, 5.41) is 0. The van der Waals surface area contributed by atoms with Crippen LogP contribution in [0.15, 0.2) is 36.5 Å². The maximum Gasteiger partial charge on any atom is 0.469 e. The van der Waals surface area contributed by atoms with Crippen molar-refractivity contribution in [3.05, 3.63) is 36.5 Å². The van der Waals surface area contributed by atoms with Gasteiger partial charge in [-0.05, 0) is 70.6 Å². The normalized spacial score (nSPS) is 12.8. The standard InChI is InChI=1S/C39H71O8P/c1-3-5-7-9-11-13-15-17-19-21-23-25-27-29-31-33-38(40)45-35-37(36-46-48(42,43)44)47-39(41)34-32-30-28-26-24-22-20-18-16-14-12-10-8-6-4-2/h12,14,17-20,37H,3-11,13,15-16,21-36H2,1-2H3,(H2,42,43,44)/b14-12-,19-17-,20-18-/t37-/m1/s1. The second-order valence-corrected chi connectivity index (χ2v) is 14.1. The van der Waals surface area contributed by atoms with Crippen LogP contribution in [0.2, 0.25) is 0 Å². The van der Waals surface area contributed by atoms with Crippen LogP contribution in [-0.2, 0) is 28.2 Å². The third-order valence-electron chi connectivity index (χ3n) is 8.13. The molecule has 280 valence electrons. The summed E-state index contributed by atoms with van der Waals surface area (Å²) in [6, 6.07) is 0. The molecule has 0 fully saturated rings. The molecule has 0 amide bonds. The van der Waals surface area contributed by atoms with E-state index < -0.39 is 32.5 Å². The summed E-state index contributed by atoms with van der Waals surface area (Å²) in [4.78, 5) is 42.7. The lowest BCUT2D eigenvalue weighted by molar-refractivity contribution is -0.161. The number of phosphoric ester groups is 1. The first-order chi connectivity index (χ1) is 23.3. The van der Waals surface area contributed by atoms with E-state index in [1.165, 1.54) is 70.6 Å². The second kappa shape index (κ2) is 35.1. The van der Waals surface area contributed by atoms with Gasteiger partial charge in [-0.2, -0.15) is 0 Å². The Labute approximate surface area is 293 Å². The number of carbonyl (C=O) groups is 2. The van der Waals surface area contributed by atoms with E-state index in [4.69, 9.17) is 19.3 Å². The average molecular weight is 699 g/mol. The second-order valence-electron chi connectivity index (χ2n) is 12.9. The molecule has 1 atom stereocenters. The fraction of sp³-hybridized carbons (Fsp3) is 0.795. The molecule has 0 unspecified atom stereocenters. The van der Waals surface area contributed by atoms with Gasteiger partial charge in [0.05, 0.1) is 6.61 Å². The predicted molar refractivity (Wildman–Crippen MR) is 198 cm³/mol. The Hall–Kier alpha value is -1.73. The molecule has 0 radical (unpaired) electrons. The van der Waals surface area contributed by atoms with Crippen molar-refractivity contribution >= 4 is 19.8 Å². The SMILES string of the molecule is CCCCC/C=C\C/C=C\CCCCCCCC(=O)O[C@H](COC(=O)CCCCCCC/C=C\CCCCCCCC)COP(=O)(O)O. The van der Waals surface area contributed by atoms with E-state index in [0.717, 1.165) is 70.6 Å². The summed E-state index contributed by atoms with van der Waals surface area (Å²) in [5.41, 5.74) is 0. The summed E-state index contributed by atoms with van der Waals surface area (Å²) in [5.74, 6) is -0.910. The molecular weight excluding hydrogens is 627 g/mol. The number of hydrogen-bond donors (Lipinski definition) is 2. The van der Waals surface area contributed by atoms with Gasteiger partial charge in [-0.1, -0.05) is 134 Å². The zero-order valence-corrected chi connectivity index (χ0v) is 31.5. The molecule has 0 aromatic carbocycles. The molecule has 0 bridgehead atoms. The van der Waals surface area contributed by atoms with Gasteiger partial charge in [0, 0.05) is 12.8 Å². The highest BCUT2D eigenvalue weighted by molar-refractivity contribution is 7.46. The maximum absolute atomic E-state index is 12.4. The summed E-state index contributed by atoms with van der Waals surface area (Å²) in [6.45, 7) is 3.63. The first-order valence-corrected chi connectivity index (χ1v) is 20.8. The Morgan fingerprint density at radius 3 is 1.44 bits per heavy atom. The van der Waals surface area contributed by atoms with E-state index in [2.05, 4.69) is 54.8 Å². The van der Waals surface area contributed by atoms with Gasteiger partial charge >= 0.3 is 19.8 Å². The zero-order chi connectivity index (χ0) is 35.4. The fourth-order valence-corrected chi connectivity index (χ4v) is 5.58. The van der Waals surface area contributed by atoms with Gasteiger partial charge in [0.15, 0.2) is 6.10 Å². The predicted octanol–water partition coefficient (Wildman–Crippen LogP) is 11.4. The van der Waals surface area contributed by atoms with Crippen molar-refractivity contribution in [1.29, 1.82) is 0 Å². The number of rotatable bonds is 35. The van der Waals surface area contributed by atoms with Crippen LogP contribution in [0.5, 0.6) is 0 Å². The number of ether oxygens (including phenoxy) is 2. The van der Waals surface area contributed by atoms with Gasteiger partial charge < -0.3 is 19.3 Å². The van der Waals surface area contributed by atoms with E-state index in [0.29, 0.717) is 12.8 Å². The summed E-state index contributed by atoms with van der Waals surface area (Å²) >= 11 is 0. The lowest BCUT2D eigenvalue weighted by atomic mass is 10.1. The monoisotopic (exact) mass is 698 g/mol. The number of carbonyl (C=O) groups excluding carboxylic acids is 2. The molecular formula is C39H71O8P. The maximum atomic E-state index is 12.4. The van der Waals surface area contributed by atoms with Crippen LogP contribution in [-0.4, -0.2) is 41.0 Å². The molecule has 9 heteroatoms. The third-order valence-corrected chi connectivity index (χ3v) is 8.62. The lowest BCUT2D eigenvalue weighted by Gasteiger charge is -2.18. The highest BCUT2D eigenvalue weighted by Crippen LogP contribution is 2.36. The van der Waals surface area contributed by atoms with E-state index in [1.54, 1.807) is 0 Å². The largest absolute Gasteiger partial charge is 0.469 e. The number of allylic oxidation sites excluding steroid dienone is 6. The number of phosphoric acid groups is 1. The Balaban J connectivity index is 4.00. The van der Waals surface area contributed by atoms with Gasteiger partial charge in [0.1, 0.15) is 6.61 Å². The molecule has 0 heterocycles. The average Bonchev–Trinajstić information content (AvgIpc) is 3.05. The van der Waals surface area contributed by atoms with Crippen molar-refractivity contribution in [2.24, 2.45) is 0 Å². The molecule has 0 spiro atoms. The minimum atomic E-state index is -4.75. The number of esters is 2. The molecule has 2 N–H and O–H groups in total. The Bertz CT molecular complexity index is 879. The molecule has 0 aromatic rings. The van der Waals surface area contributed by atoms with Crippen molar-refractivity contribution in [1.82, 2.24) is 0 Å². The van der Waals surface area contributed by atoms with Crippen LogP contribution >= 0.6 is 7.82 Å². The lowest BCUT2D eigenvalue weighted by Crippen LogP contribution is -2.29. The molecule has 0 saturated carbocycles. The molecule has 48 heavy (non-hydrogen) atoms. The molecule has 0 rings (SSSR count). The van der Waals surface area contributed by atoms with E-state index in [-0.39, 0.29) is 19.4 Å². The summed E-state index contributed by atoms with van der Waals surface area (Å²) in [7, 11) is -4.75. The highest BCUT2D eigenvalue weighted by Gasteiger charge is 2.22. The van der Waals surface area contributed by atoms with Gasteiger partial charge in [-0.15, -0.1) is 0 Å². The van der Waals surface area contributed by atoms with Crippen molar-refractivity contribution in [3.8, 4) is 0 Å². The van der Waals surface area contributed by atoms with Crippen LogP contribution in [0.4, 0.5) is 0 Å². The van der Waals surface area contributed by atoms with Crippen molar-refractivity contribution in [2.75, 3.05) is 13.2 Å². The van der Waals surface area contributed by atoms with E-state index >= 15 is 0 Å². The molecule has 0 aliphatic carbocycles. The summed E-state index contributed by atoms with van der Waals surface area (Å²) < 4.78 is 26.3. The highest BCUT2D eigenvalue weighted by atomic mass is 31.2. The van der Waals surface area contributed by atoms with Gasteiger partial charge in [0.2, 0.25) is 0 Å². The summed E-state index contributed by atoms with van der Waals surface area (Å²) in [6.07, 6.45) is 40.0. The first kappa shape index (κ1) is 46.3. The van der Waals surface area contributed by atoms with Gasteiger partial charge in [0.25, 0.3) is 0 Å². The fourth-order valence-electron chi connectivity index (χ4n) is 5.22. The van der Waals surface area contributed by atoms with E-state index in [9.17, 15) is 14.2 Å². The first-order valence-electron chi connectivity index (χ1n) is 19.3. The van der Waals surface area contributed by atoms with E-state index in [1.807, 2.05) is 0 Å². The molecule has 0 aromatic heterocycles. The van der Waals surface area contributed by atoms with Crippen LogP contribution in [0, 0.1) is 0 Å². The van der Waals surface area contributed by atoms with Crippen molar-refractivity contribution in [2.45, 2.75) is 187 Å². The van der Waals surface area contributed by atoms with Gasteiger partial charge in [-0.3, -0.25) is 14.1 Å². The third kappa shape index (κ3) is 37.1. The zero-order valence-electron chi connectivity index (χ0n) is 30.6. The van der Waals surface area contributed by atoms with Crippen LogP contribution in [0.3, 0.4) is 0 Å². The Kier molecular flexibility index (Phi) is 33.8. The van der Waals surface area contributed by atoms with Gasteiger partial charge in [-0.25, -0.2) is 4.57 Å². The minimum absolute atomic E-state index is 0.194. The molecule has 0 saturated heterocycles. The topological polar surface area (TPSA) is 119 Å². The van der Waals surface area contributed by atoms with Crippen LogP contribution in [0.1, 0.15) is 181 Å². The Morgan fingerprint density at radius 2 is 0.938 bits per heavy atom. The molecule has 0 aliphatic rings. The molecule has 8 nitrogen and oxygen atoms in total. The van der Waals surface area contributed by atoms with Crippen molar-refractivity contribution < 1.29 is 37.9 Å². The quantitative estimate of drug-likeness (QED) is 0.0290. The smallest absolute Gasteiger partial charge is 0.462 e.